The molecule has 1 aliphatic rings. The van der Waals surface area contributed by atoms with Crippen molar-refractivity contribution in [3.8, 4) is 11.4 Å². The molecule has 1 heterocycles. The maximum atomic E-state index is 14.0. The zero-order chi connectivity index (χ0) is 26.4. The summed E-state index contributed by atoms with van der Waals surface area (Å²) in [6, 6.07) is 11.0. The van der Waals surface area contributed by atoms with Crippen LogP contribution in [0.3, 0.4) is 0 Å². The summed E-state index contributed by atoms with van der Waals surface area (Å²) in [5, 5.41) is 3.18. The van der Waals surface area contributed by atoms with E-state index in [1.807, 2.05) is 24.3 Å². The van der Waals surface area contributed by atoms with E-state index < -0.39 is 35.4 Å². The maximum Gasteiger partial charge on any atom is 0.417 e. The largest absolute Gasteiger partial charge is 0.460 e. The zero-order valence-corrected chi connectivity index (χ0v) is 20.6. The minimum absolute atomic E-state index is 0.0935. The van der Waals surface area contributed by atoms with Crippen LogP contribution in [-0.4, -0.2) is 35.7 Å². The smallest absolute Gasteiger partial charge is 0.417 e. The predicted octanol–water partition coefficient (Wildman–Crippen LogP) is 4.48. The normalized spacial score (nSPS) is 17.0. The van der Waals surface area contributed by atoms with Crippen LogP contribution in [0.15, 0.2) is 47.3 Å². The lowest BCUT2D eigenvalue weighted by molar-refractivity contribution is -0.146. The van der Waals surface area contributed by atoms with Gasteiger partial charge >= 0.3 is 12.1 Å². The number of fused-ring (bicyclic) bond motifs is 1. The molecule has 2 aromatic carbocycles. The molecule has 2 atom stereocenters. The number of esters is 1. The summed E-state index contributed by atoms with van der Waals surface area (Å²) in [7, 11) is 4.69. The van der Waals surface area contributed by atoms with Crippen molar-refractivity contribution >= 4 is 17.3 Å². The summed E-state index contributed by atoms with van der Waals surface area (Å²) in [5.74, 6) is -0.539. The number of ether oxygens (including phenoxy) is 1. The molecule has 0 radical (unpaired) electrons. The number of nitrogens with zero attached hydrogens (tertiary/aromatic N) is 3. The number of hydrogen-bond donors (Lipinski definition) is 1. The number of carbonyl (C=O) groups is 1. The minimum Gasteiger partial charge on any atom is -0.460 e. The van der Waals surface area contributed by atoms with Crippen LogP contribution >= 0.6 is 0 Å². The fourth-order valence-corrected chi connectivity index (χ4v) is 4.56. The van der Waals surface area contributed by atoms with Gasteiger partial charge in [0.25, 0.3) is 5.56 Å². The summed E-state index contributed by atoms with van der Waals surface area (Å²) in [6.45, 7) is 2.89. The molecule has 36 heavy (non-hydrogen) atoms. The van der Waals surface area contributed by atoms with Crippen LogP contribution in [0.4, 0.5) is 24.5 Å². The molecule has 10 heteroatoms. The molecule has 0 aliphatic heterocycles. The lowest BCUT2D eigenvalue weighted by Crippen LogP contribution is -2.32. The van der Waals surface area contributed by atoms with Gasteiger partial charge in [-0.2, -0.15) is 13.2 Å². The lowest BCUT2D eigenvalue weighted by atomic mass is 10.0. The van der Waals surface area contributed by atoms with Crippen molar-refractivity contribution in [3.05, 3.63) is 75.2 Å². The first-order valence-corrected chi connectivity index (χ1v) is 11.4. The Morgan fingerprint density at radius 1 is 1.19 bits per heavy atom. The van der Waals surface area contributed by atoms with Gasteiger partial charge in [0.2, 0.25) is 0 Å². The molecule has 0 bridgehead atoms. The van der Waals surface area contributed by atoms with Gasteiger partial charge in [0.05, 0.1) is 17.3 Å². The highest BCUT2D eigenvalue weighted by Gasteiger charge is 2.37. The van der Waals surface area contributed by atoms with Crippen LogP contribution < -0.4 is 15.8 Å². The van der Waals surface area contributed by atoms with Gasteiger partial charge in [0.1, 0.15) is 17.6 Å². The molecular weight excluding hydrogens is 473 g/mol. The van der Waals surface area contributed by atoms with Crippen molar-refractivity contribution in [2.75, 3.05) is 24.3 Å². The molecule has 0 spiro atoms. The average molecular weight is 501 g/mol. The molecule has 0 fully saturated rings. The van der Waals surface area contributed by atoms with Gasteiger partial charge in [-0.25, -0.2) is 4.98 Å². The van der Waals surface area contributed by atoms with Crippen molar-refractivity contribution in [2.24, 2.45) is 7.05 Å². The zero-order valence-electron chi connectivity index (χ0n) is 20.6. The Hall–Kier alpha value is -3.82. The van der Waals surface area contributed by atoms with Gasteiger partial charge in [-0.15, -0.1) is 0 Å². The minimum atomic E-state index is -4.64. The number of anilines is 2. The number of halogens is 3. The van der Waals surface area contributed by atoms with E-state index in [1.54, 1.807) is 32.0 Å². The number of hydrogen-bond acceptors (Lipinski definition) is 6. The van der Waals surface area contributed by atoms with Crippen LogP contribution in [0.1, 0.15) is 35.3 Å². The number of nitrogens with one attached hydrogen (secondary N) is 1. The van der Waals surface area contributed by atoms with Gasteiger partial charge in [-0.1, -0.05) is 24.3 Å². The highest BCUT2D eigenvalue weighted by Crippen LogP contribution is 2.39. The van der Waals surface area contributed by atoms with E-state index in [0.717, 1.165) is 21.8 Å². The SMILES string of the molecule is CC(=O)OC1Cc2ccccc2C1Nc1c(C)nc(-c2ccc(N(C)C)cc2C(F)(F)F)n(C)c1=O. The number of aromatic nitrogens is 2. The number of aryl methyl sites for hydroxylation is 1. The van der Waals surface area contributed by atoms with Crippen LogP contribution in [0.25, 0.3) is 11.4 Å². The number of carbonyl (C=O) groups excluding carboxylic acids is 1. The highest BCUT2D eigenvalue weighted by molar-refractivity contribution is 5.69. The Bertz CT molecular complexity index is 1380. The number of rotatable bonds is 5. The summed E-state index contributed by atoms with van der Waals surface area (Å²) in [4.78, 5) is 31.1. The van der Waals surface area contributed by atoms with E-state index in [1.165, 1.54) is 20.0 Å². The monoisotopic (exact) mass is 500 g/mol. The fraction of sp³-hybridized carbons (Fsp3) is 0.346. The van der Waals surface area contributed by atoms with E-state index in [2.05, 4.69) is 10.3 Å². The molecule has 190 valence electrons. The maximum absolute atomic E-state index is 14.0. The molecule has 0 saturated carbocycles. The van der Waals surface area contributed by atoms with Crippen LogP contribution in [-0.2, 0) is 29.2 Å². The summed E-state index contributed by atoms with van der Waals surface area (Å²) < 4.78 is 48.5. The second-order valence-electron chi connectivity index (χ2n) is 9.05. The van der Waals surface area contributed by atoms with Crippen molar-refractivity contribution in [2.45, 2.75) is 38.6 Å². The van der Waals surface area contributed by atoms with Crippen molar-refractivity contribution in [3.63, 3.8) is 0 Å². The quantitative estimate of drug-likeness (QED) is 0.521. The Kier molecular flexibility index (Phi) is 6.55. The van der Waals surface area contributed by atoms with Crippen molar-refractivity contribution in [1.82, 2.24) is 9.55 Å². The van der Waals surface area contributed by atoms with Crippen molar-refractivity contribution in [1.29, 1.82) is 0 Å². The molecule has 3 aromatic rings. The third-order valence-corrected chi connectivity index (χ3v) is 6.34. The Morgan fingerprint density at radius 3 is 2.53 bits per heavy atom. The number of benzene rings is 2. The Labute approximate surface area is 206 Å². The van der Waals surface area contributed by atoms with E-state index in [4.69, 9.17) is 4.74 Å². The Morgan fingerprint density at radius 2 is 1.89 bits per heavy atom. The first-order chi connectivity index (χ1) is 16.9. The molecule has 0 amide bonds. The first-order valence-electron chi connectivity index (χ1n) is 11.4. The molecule has 1 N–H and O–H groups in total. The topological polar surface area (TPSA) is 76.5 Å². The summed E-state index contributed by atoms with van der Waals surface area (Å²) >= 11 is 0. The van der Waals surface area contributed by atoms with Crippen molar-refractivity contribution < 1.29 is 22.7 Å². The van der Waals surface area contributed by atoms with Gasteiger partial charge in [0, 0.05) is 45.7 Å². The van der Waals surface area contributed by atoms with Crippen LogP contribution in [0.5, 0.6) is 0 Å². The lowest BCUT2D eigenvalue weighted by Gasteiger charge is -2.24. The van der Waals surface area contributed by atoms with Crippen LogP contribution in [0.2, 0.25) is 0 Å². The number of alkyl halides is 3. The van der Waals surface area contributed by atoms with E-state index >= 15 is 0 Å². The van der Waals surface area contributed by atoms with Gasteiger partial charge in [0.15, 0.2) is 0 Å². The van der Waals surface area contributed by atoms with Gasteiger partial charge < -0.3 is 15.0 Å². The molecule has 1 aromatic heterocycles. The van der Waals surface area contributed by atoms with Crippen LogP contribution in [0, 0.1) is 6.92 Å². The van der Waals surface area contributed by atoms with Gasteiger partial charge in [-0.05, 0) is 36.2 Å². The van der Waals surface area contributed by atoms with E-state index in [9.17, 15) is 22.8 Å². The third kappa shape index (κ3) is 4.67. The van der Waals surface area contributed by atoms with Gasteiger partial charge in [-0.3, -0.25) is 14.2 Å². The molecular formula is C26H27F3N4O3. The first kappa shape index (κ1) is 25.3. The Balaban J connectivity index is 1.80. The van der Waals surface area contributed by atoms with E-state index in [-0.39, 0.29) is 22.8 Å². The summed E-state index contributed by atoms with van der Waals surface area (Å²) in [5.41, 5.74) is 1.02. The second-order valence-corrected chi connectivity index (χ2v) is 9.05. The third-order valence-electron chi connectivity index (χ3n) is 6.34. The molecule has 0 saturated heterocycles. The molecule has 1 aliphatic carbocycles. The average Bonchev–Trinajstić information content (AvgIpc) is 3.14. The van der Waals surface area contributed by atoms with E-state index in [0.29, 0.717) is 12.1 Å². The molecule has 7 nitrogen and oxygen atoms in total. The molecule has 4 rings (SSSR count). The second kappa shape index (κ2) is 9.33. The fourth-order valence-electron chi connectivity index (χ4n) is 4.56. The summed E-state index contributed by atoms with van der Waals surface area (Å²) in [6.07, 6.45) is -4.71. The standard InChI is InChI=1S/C26H27F3N4O3/c1-14-22(31-23-18-9-7-6-8-16(18)12-21(23)36-15(2)34)25(35)33(5)24(30-14)19-11-10-17(32(3)4)13-20(19)26(27,28)29/h6-11,13,21,23,31H,12H2,1-5H3. The highest BCUT2D eigenvalue weighted by atomic mass is 19.4. The molecule has 2 unspecified atom stereocenters. The predicted molar refractivity (Wildman–Crippen MR) is 131 cm³/mol.